The lowest BCUT2D eigenvalue weighted by Gasteiger charge is -2.08. The van der Waals surface area contributed by atoms with Crippen LogP contribution in [0.3, 0.4) is 0 Å². The smallest absolute Gasteiger partial charge is 0.222 e. The van der Waals surface area contributed by atoms with Gasteiger partial charge in [0.05, 0.1) is 13.2 Å². The van der Waals surface area contributed by atoms with Crippen molar-refractivity contribution in [3.63, 3.8) is 0 Å². The van der Waals surface area contributed by atoms with Crippen molar-refractivity contribution in [1.29, 1.82) is 0 Å². The Morgan fingerprint density at radius 3 is 1.63 bits per heavy atom. The first-order valence-electron chi connectivity index (χ1n) is 6.37. The quantitative estimate of drug-likeness (QED) is 0.326. The summed E-state index contributed by atoms with van der Waals surface area (Å²) in [5, 5.41) is 0. The Morgan fingerprint density at radius 2 is 1.26 bits per heavy atom. The van der Waals surface area contributed by atoms with Gasteiger partial charge in [-0.05, 0) is 60.8 Å². The van der Waals surface area contributed by atoms with Crippen LogP contribution in [0.1, 0.15) is 39.5 Å². The summed E-state index contributed by atoms with van der Waals surface area (Å²) in [5.41, 5.74) is 0. The third kappa shape index (κ3) is 14.7. The van der Waals surface area contributed by atoms with Crippen molar-refractivity contribution in [2.75, 3.05) is 25.1 Å². The molecule has 0 aliphatic heterocycles. The minimum Gasteiger partial charge on any atom is -0.479 e. The zero-order chi connectivity index (χ0) is 14.3. The summed E-state index contributed by atoms with van der Waals surface area (Å²) < 4.78 is 17.1. The number of rotatable bonds is 10. The fourth-order valence-electron chi connectivity index (χ4n) is 0.897. The predicted molar refractivity (Wildman–Crippen MR) is 92.9 cm³/mol. The zero-order valence-electron chi connectivity index (χ0n) is 11.5. The molecule has 0 saturated carbocycles. The van der Waals surface area contributed by atoms with Crippen LogP contribution in [0.5, 0.6) is 0 Å². The second-order valence-corrected chi connectivity index (χ2v) is 6.68. The maximum Gasteiger partial charge on any atom is 0.222 e. The SMILES string of the molecule is CCCCOC(=S)SCOCSC(=S)OCCCC. The van der Waals surface area contributed by atoms with Crippen molar-refractivity contribution in [3.8, 4) is 0 Å². The molecule has 0 aromatic heterocycles. The van der Waals surface area contributed by atoms with Crippen molar-refractivity contribution in [2.45, 2.75) is 39.5 Å². The van der Waals surface area contributed by atoms with E-state index in [0.29, 0.717) is 33.9 Å². The monoisotopic (exact) mass is 342 g/mol. The zero-order valence-corrected chi connectivity index (χ0v) is 14.8. The second-order valence-electron chi connectivity index (χ2n) is 3.63. The average Bonchev–Trinajstić information content (AvgIpc) is 2.39. The standard InChI is InChI=1S/C12H22O3S4/c1-3-5-7-14-11(16)18-9-13-10-19-12(17)15-8-6-4-2/h3-10H2,1-2H3. The molecule has 0 aliphatic rings. The van der Waals surface area contributed by atoms with Gasteiger partial charge >= 0.3 is 0 Å². The van der Waals surface area contributed by atoms with E-state index in [1.165, 1.54) is 23.5 Å². The van der Waals surface area contributed by atoms with Gasteiger partial charge in [0.1, 0.15) is 11.9 Å². The van der Waals surface area contributed by atoms with Gasteiger partial charge in [0.15, 0.2) is 0 Å². The summed E-state index contributed by atoms with van der Waals surface area (Å²) in [6.45, 7) is 5.61. The van der Waals surface area contributed by atoms with Crippen LogP contribution in [0.2, 0.25) is 0 Å². The van der Waals surface area contributed by atoms with Crippen LogP contribution < -0.4 is 0 Å². The molecule has 0 aliphatic carbocycles. The van der Waals surface area contributed by atoms with E-state index in [4.69, 9.17) is 38.6 Å². The lowest BCUT2D eigenvalue weighted by Crippen LogP contribution is -2.03. The predicted octanol–water partition coefficient (Wildman–Crippen LogP) is 4.59. The van der Waals surface area contributed by atoms with Gasteiger partial charge < -0.3 is 14.2 Å². The van der Waals surface area contributed by atoms with Gasteiger partial charge in [-0.15, -0.1) is 0 Å². The van der Waals surface area contributed by atoms with Gasteiger partial charge in [-0.25, -0.2) is 0 Å². The number of ether oxygens (including phenoxy) is 3. The molecule has 0 aromatic rings. The number of unbranched alkanes of at least 4 members (excludes halogenated alkanes) is 2. The molecule has 3 nitrogen and oxygen atoms in total. The highest BCUT2D eigenvalue weighted by Crippen LogP contribution is 2.11. The molecule has 0 amide bonds. The molecule has 19 heavy (non-hydrogen) atoms. The van der Waals surface area contributed by atoms with Crippen LogP contribution >= 0.6 is 48.0 Å². The Labute approximate surface area is 135 Å². The first-order chi connectivity index (χ1) is 9.20. The first kappa shape index (κ1) is 19.4. The van der Waals surface area contributed by atoms with Crippen molar-refractivity contribution < 1.29 is 14.2 Å². The number of hydrogen-bond donors (Lipinski definition) is 0. The molecule has 0 fully saturated rings. The maximum absolute atomic E-state index is 5.38. The van der Waals surface area contributed by atoms with E-state index in [0.717, 1.165) is 25.7 Å². The van der Waals surface area contributed by atoms with E-state index in [1.807, 2.05) is 0 Å². The molecule has 0 N–H and O–H groups in total. The van der Waals surface area contributed by atoms with Crippen molar-refractivity contribution in [3.05, 3.63) is 0 Å². The van der Waals surface area contributed by atoms with E-state index in [9.17, 15) is 0 Å². The third-order valence-electron chi connectivity index (χ3n) is 1.96. The van der Waals surface area contributed by atoms with Gasteiger partial charge in [0, 0.05) is 0 Å². The summed E-state index contributed by atoms with van der Waals surface area (Å²) in [7, 11) is 0. The molecule has 0 rings (SSSR count). The normalized spacial score (nSPS) is 10.2. The van der Waals surface area contributed by atoms with Gasteiger partial charge in [-0.1, -0.05) is 26.7 Å². The van der Waals surface area contributed by atoms with Crippen LogP contribution in [-0.2, 0) is 14.2 Å². The molecule has 0 unspecified atom stereocenters. The summed E-state index contributed by atoms with van der Waals surface area (Å²) in [6, 6.07) is 0. The van der Waals surface area contributed by atoms with E-state index in [-0.39, 0.29) is 0 Å². The lowest BCUT2D eigenvalue weighted by molar-refractivity contribution is 0.240. The molecule has 7 heteroatoms. The number of thiocarbonyl (C=S) groups is 2. The summed E-state index contributed by atoms with van der Waals surface area (Å²) >= 11 is 12.9. The first-order valence-corrected chi connectivity index (χ1v) is 9.16. The number of hydrogen-bond acceptors (Lipinski definition) is 7. The fourth-order valence-corrected chi connectivity index (χ4v) is 2.32. The number of thioether (sulfide) groups is 2. The molecule has 0 spiro atoms. The molecule has 0 radical (unpaired) electrons. The molecule has 0 aromatic carbocycles. The van der Waals surface area contributed by atoms with Crippen LogP contribution in [-0.4, -0.2) is 33.9 Å². The van der Waals surface area contributed by atoms with Crippen molar-refractivity contribution >= 4 is 56.7 Å². The highest BCUT2D eigenvalue weighted by atomic mass is 32.2. The Balaban J connectivity index is 3.29. The largest absolute Gasteiger partial charge is 0.479 e. The fraction of sp³-hybridized carbons (Fsp3) is 0.833. The van der Waals surface area contributed by atoms with Crippen molar-refractivity contribution in [2.24, 2.45) is 0 Å². The maximum atomic E-state index is 5.38. The Kier molecular flexibility index (Phi) is 15.2. The second kappa shape index (κ2) is 14.8. The molecule has 0 atom stereocenters. The summed E-state index contributed by atoms with van der Waals surface area (Å²) in [5.74, 6) is 0.963. The highest BCUT2D eigenvalue weighted by Gasteiger charge is 2.01. The summed E-state index contributed by atoms with van der Waals surface area (Å²) in [4.78, 5) is 0. The average molecular weight is 343 g/mol. The third-order valence-corrected chi connectivity index (χ3v) is 4.17. The topological polar surface area (TPSA) is 27.7 Å². The molecular weight excluding hydrogens is 320 g/mol. The van der Waals surface area contributed by atoms with Gasteiger partial charge in [0.25, 0.3) is 0 Å². The van der Waals surface area contributed by atoms with E-state index >= 15 is 0 Å². The van der Waals surface area contributed by atoms with E-state index in [2.05, 4.69) is 13.8 Å². The van der Waals surface area contributed by atoms with E-state index < -0.39 is 0 Å². The van der Waals surface area contributed by atoms with Crippen LogP contribution in [0.25, 0.3) is 0 Å². The van der Waals surface area contributed by atoms with Crippen molar-refractivity contribution in [1.82, 2.24) is 0 Å². The summed E-state index contributed by atoms with van der Waals surface area (Å²) in [6.07, 6.45) is 4.27. The molecule has 0 bridgehead atoms. The van der Waals surface area contributed by atoms with Crippen LogP contribution in [0, 0.1) is 0 Å². The van der Waals surface area contributed by atoms with Gasteiger partial charge in [-0.2, -0.15) is 0 Å². The molecule has 0 saturated heterocycles. The molecule has 0 heterocycles. The van der Waals surface area contributed by atoms with Gasteiger partial charge in [-0.3, -0.25) is 0 Å². The molecular formula is C12H22O3S4. The Bertz CT molecular complexity index is 225. The van der Waals surface area contributed by atoms with Gasteiger partial charge in [0.2, 0.25) is 8.77 Å². The minimum absolute atomic E-state index is 0.482. The Morgan fingerprint density at radius 1 is 0.842 bits per heavy atom. The lowest BCUT2D eigenvalue weighted by atomic mass is 10.4. The highest BCUT2D eigenvalue weighted by molar-refractivity contribution is 8.23. The van der Waals surface area contributed by atoms with Crippen LogP contribution in [0.4, 0.5) is 0 Å². The Hall–Kier alpha value is 0.440. The molecule has 112 valence electrons. The van der Waals surface area contributed by atoms with Crippen LogP contribution in [0.15, 0.2) is 0 Å². The van der Waals surface area contributed by atoms with E-state index in [1.54, 1.807) is 0 Å². The minimum atomic E-state index is 0.482.